The fourth-order valence-electron chi connectivity index (χ4n) is 2.53. The van der Waals surface area contributed by atoms with Gasteiger partial charge in [0.25, 0.3) is 0 Å². The lowest BCUT2D eigenvalue weighted by Crippen LogP contribution is -2.31. The van der Waals surface area contributed by atoms with Gasteiger partial charge in [-0.15, -0.1) is 0 Å². The van der Waals surface area contributed by atoms with E-state index in [1.54, 1.807) is 16.8 Å². The Morgan fingerprint density at radius 2 is 2.05 bits per heavy atom. The number of hydrogen-bond acceptors (Lipinski definition) is 6. The molecule has 0 spiro atoms. The molecule has 7 nitrogen and oxygen atoms in total. The second kappa shape index (κ2) is 4.63. The number of aromatic nitrogens is 4. The van der Waals surface area contributed by atoms with E-state index in [4.69, 9.17) is 16.2 Å². The molecule has 2 aromatic heterocycles. The molecule has 8 heteroatoms. The first-order valence-electron chi connectivity index (χ1n) is 6.77. The minimum absolute atomic E-state index is 0.0717. The van der Waals surface area contributed by atoms with Crippen LogP contribution >= 0.6 is 0 Å². The Hall–Kier alpha value is -2.74. The number of anilines is 2. The standard InChI is InChI=1S/C14H13FN6O/c15-10-3-7(16)1-2-9(10)12-11-13(17)18-6-19-14(11)21(20-12)8-4-22-5-8/h1-3,6,8H,4-5,16H2,(H2,17,18,19). The molecule has 0 atom stereocenters. The summed E-state index contributed by atoms with van der Waals surface area (Å²) in [5, 5.41) is 5.05. The first-order chi connectivity index (χ1) is 10.6. The molecule has 4 rings (SSSR count). The first kappa shape index (κ1) is 13.0. The SMILES string of the molecule is Nc1ccc(-c2nn(C3COC3)c3ncnc(N)c23)c(F)c1. The second-order valence-electron chi connectivity index (χ2n) is 5.18. The van der Waals surface area contributed by atoms with E-state index in [-0.39, 0.29) is 11.9 Å². The molecule has 1 aliphatic heterocycles. The number of nitrogen functional groups attached to an aromatic ring is 2. The smallest absolute Gasteiger partial charge is 0.164 e. The van der Waals surface area contributed by atoms with E-state index >= 15 is 0 Å². The molecular formula is C14H13FN6O. The molecule has 4 N–H and O–H groups in total. The lowest BCUT2D eigenvalue weighted by molar-refractivity contribution is -0.0268. The van der Waals surface area contributed by atoms with Gasteiger partial charge >= 0.3 is 0 Å². The van der Waals surface area contributed by atoms with Crippen LogP contribution in [0.2, 0.25) is 0 Å². The minimum Gasteiger partial charge on any atom is -0.399 e. The molecule has 0 saturated carbocycles. The van der Waals surface area contributed by atoms with Gasteiger partial charge in [0.05, 0.1) is 18.6 Å². The van der Waals surface area contributed by atoms with Crippen LogP contribution in [0.15, 0.2) is 24.5 Å². The predicted molar refractivity (Wildman–Crippen MR) is 79.4 cm³/mol. The zero-order chi connectivity index (χ0) is 15.3. The molecule has 1 fully saturated rings. The summed E-state index contributed by atoms with van der Waals surface area (Å²) in [6, 6.07) is 4.53. The molecule has 0 radical (unpaired) electrons. The summed E-state index contributed by atoms with van der Waals surface area (Å²) in [6.07, 6.45) is 1.37. The summed E-state index contributed by atoms with van der Waals surface area (Å²) in [5.41, 5.74) is 13.2. The average molecular weight is 300 g/mol. The van der Waals surface area contributed by atoms with Gasteiger partial charge < -0.3 is 16.2 Å². The Morgan fingerprint density at radius 1 is 1.23 bits per heavy atom. The van der Waals surface area contributed by atoms with Crippen molar-refractivity contribution in [1.82, 2.24) is 19.7 Å². The molecule has 1 saturated heterocycles. The topological polar surface area (TPSA) is 105 Å². The number of hydrogen-bond donors (Lipinski definition) is 2. The highest BCUT2D eigenvalue weighted by Crippen LogP contribution is 2.34. The van der Waals surface area contributed by atoms with Gasteiger partial charge in [-0.2, -0.15) is 5.10 Å². The van der Waals surface area contributed by atoms with Gasteiger partial charge in [-0.3, -0.25) is 0 Å². The van der Waals surface area contributed by atoms with Crippen molar-refractivity contribution in [2.45, 2.75) is 6.04 Å². The highest BCUT2D eigenvalue weighted by molar-refractivity contribution is 5.98. The highest BCUT2D eigenvalue weighted by Gasteiger charge is 2.27. The Bertz CT molecular complexity index is 873. The quantitative estimate of drug-likeness (QED) is 0.692. The molecular weight excluding hydrogens is 287 g/mol. The maximum absolute atomic E-state index is 14.3. The third kappa shape index (κ3) is 1.81. The van der Waals surface area contributed by atoms with E-state index in [1.165, 1.54) is 12.4 Å². The number of rotatable bonds is 2. The lowest BCUT2D eigenvalue weighted by atomic mass is 10.1. The van der Waals surface area contributed by atoms with Crippen molar-refractivity contribution in [2.24, 2.45) is 0 Å². The lowest BCUT2D eigenvalue weighted by Gasteiger charge is -2.26. The third-order valence-corrected chi connectivity index (χ3v) is 3.73. The van der Waals surface area contributed by atoms with Crippen LogP contribution in [0.25, 0.3) is 22.3 Å². The van der Waals surface area contributed by atoms with Crippen molar-refractivity contribution >= 4 is 22.5 Å². The van der Waals surface area contributed by atoms with Crippen LogP contribution in [0.5, 0.6) is 0 Å². The maximum atomic E-state index is 14.3. The largest absolute Gasteiger partial charge is 0.399 e. The first-order valence-corrected chi connectivity index (χ1v) is 6.77. The molecule has 22 heavy (non-hydrogen) atoms. The fraction of sp³-hybridized carbons (Fsp3) is 0.214. The second-order valence-corrected chi connectivity index (χ2v) is 5.18. The van der Waals surface area contributed by atoms with E-state index in [9.17, 15) is 4.39 Å². The van der Waals surface area contributed by atoms with Gasteiger partial charge in [0.1, 0.15) is 29.7 Å². The summed E-state index contributed by atoms with van der Waals surface area (Å²) in [4.78, 5) is 8.24. The Morgan fingerprint density at radius 3 is 2.73 bits per heavy atom. The van der Waals surface area contributed by atoms with Gasteiger partial charge in [0.2, 0.25) is 0 Å². The van der Waals surface area contributed by atoms with Gasteiger partial charge in [0.15, 0.2) is 5.65 Å². The van der Waals surface area contributed by atoms with Crippen molar-refractivity contribution in [2.75, 3.05) is 24.7 Å². The zero-order valence-electron chi connectivity index (χ0n) is 11.5. The molecule has 3 aromatic rings. The number of nitrogens with two attached hydrogens (primary N) is 2. The Labute approximate surface area is 124 Å². The van der Waals surface area contributed by atoms with Crippen LogP contribution in [-0.2, 0) is 4.74 Å². The van der Waals surface area contributed by atoms with Crippen molar-refractivity contribution in [3.63, 3.8) is 0 Å². The normalized spacial score (nSPS) is 15.1. The van der Waals surface area contributed by atoms with Crippen LogP contribution in [-0.4, -0.2) is 33.0 Å². The Kier molecular flexibility index (Phi) is 2.73. The van der Waals surface area contributed by atoms with Gasteiger partial charge in [0, 0.05) is 11.3 Å². The van der Waals surface area contributed by atoms with Crippen LogP contribution in [0.1, 0.15) is 6.04 Å². The average Bonchev–Trinajstić information content (AvgIpc) is 2.78. The number of ether oxygens (including phenoxy) is 1. The van der Waals surface area contributed by atoms with Gasteiger partial charge in [-0.05, 0) is 18.2 Å². The minimum atomic E-state index is -0.459. The van der Waals surface area contributed by atoms with Crippen molar-refractivity contribution in [3.05, 3.63) is 30.3 Å². The molecule has 0 amide bonds. The summed E-state index contributed by atoms with van der Waals surface area (Å²) >= 11 is 0. The Balaban J connectivity index is 2.00. The van der Waals surface area contributed by atoms with Crippen LogP contribution in [0, 0.1) is 5.82 Å². The van der Waals surface area contributed by atoms with Crippen LogP contribution < -0.4 is 11.5 Å². The van der Waals surface area contributed by atoms with E-state index in [0.717, 1.165) is 0 Å². The van der Waals surface area contributed by atoms with E-state index in [0.29, 0.717) is 41.2 Å². The number of nitrogens with zero attached hydrogens (tertiary/aromatic N) is 4. The molecule has 1 aliphatic rings. The summed E-state index contributed by atoms with van der Waals surface area (Å²) in [7, 11) is 0. The molecule has 0 unspecified atom stereocenters. The van der Waals surface area contributed by atoms with Crippen molar-refractivity contribution < 1.29 is 9.13 Å². The monoisotopic (exact) mass is 300 g/mol. The molecule has 3 heterocycles. The van der Waals surface area contributed by atoms with Crippen LogP contribution in [0.3, 0.4) is 0 Å². The molecule has 0 aliphatic carbocycles. The summed E-state index contributed by atoms with van der Waals surface area (Å²) in [6.45, 7) is 1.09. The fourth-order valence-corrected chi connectivity index (χ4v) is 2.53. The number of benzene rings is 1. The van der Waals surface area contributed by atoms with Gasteiger partial charge in [-0.1, -0.05) is 0 Å². The van der Waals surface area contributed by atoms with E-state index in [1.807, 2.05) is 0 Å². The number of fused-ring (bicyclic) bond motifs is 1. The van der Waals surface area contributed by atoms with Gasteiger partial charge in [-0.25, -0.2) is 19.0 Å². The van der Waals surface area contributed by atoms with Crippen LogP contribution in [0.4, 0.5) is 15.9 Å². The van der Waals surface area contributed by atoms with E-state index < -0.39 is 5.82 Å². The van der Waals surface area contributed by atoms with Crippen molar-refractivity contribution in [3.8, 4) is 11.3 Å². The predicted octanol–water partition coefficient (Wildman–Crippen LogP) is 1.37. The molecule has 112 valence electrons. The van der Waals surface area contributed by atoms with E-state index in [2.05, 4.69) is 15.1 Å². The summed E-state index contributed by atoms with van der Waals surface area (Å²) in [5.74, 6) is -0.192. The highest BCUT2D eigenvalue weighted by atomic mass is 19.1. The number of halogens is 1. The third-order valence-electron chi connectivity index (χ3n) is 3.73. The van der Waals surface area contributed by atoms with Crippen molar-refractivity contribution in [1.29, 1.82) is 0 Å². The molecule has 0 bridgehead atoms. The summed E-state index contributed by atoms with van der Waals surface area (Å²) < 4.78 is 21.2. The maximum Gasteiger partial charge on any atom is 0.164 e. The zero-order valence-corrected chi connectivity index (χ0v) is 11.5. The molecule has 1 aromatic carbocycles.